The molecule has 3 heterocycles. The van der Waals surface area contributed by atoms with E-state index in [0.29, 0.717) is 25.6 Å². The molecule has 0 fully saturated rings. The Morgan fingerprint density at radius 1 is 0.571 bits per heavy atom. The third kappa shape index (κ3) is 3.90. The van der Waals surface area contributed by atoms with Gasteiger partial charge in [0.15, 0.2) is 19.1 Å². The van der Waals surface area contributed by atoms with Gasteiger partial charge >= 0.3 is 5.97 Å². The zero-order chi connectivity index (χ0) is 28.1. The smallest absolute Gasteiger partial charge is 0.340 e. The first kappa shape index (κ1) is 24.6. The summed E-state index contributed by atoms with van der Waals surface area (Å²) in [4.78, 5) is 17.7. The Hall–Kier alpha value is -5.23. The number of cyclic esters (lactones) is 1. The molecular formula is C36H28N2O4. The molecule has 6 heteroatoms. The minimum Gasteiger partial charge on any atom is -0.473 e. The predicted octanol–water partition coefficient (Wildman–Crippen LogP) is 6.86. The van der Waals surface area contributed by atoms with Gasteiger partial charge in [-0.2, -0.15) is 0 Å². The molecule has 0 N–H and O–H groups in total. The van der Waals surface area contributed by atoms with Crippen LogP contribution in [0.3, 0.4) is 0 Å². The summed E-state index contributed by atoms with van der Waals surface area (Å²) in [5, 5.41) is 0. The molecule has 3 aliphatic heterocycles. The van der Waals surface area contributed by atoms with Crippen LogP contribution in [0.25, 0.3) is 0 Å². The molecule has 0 bridgehead atoms. The number of para-hydroxylation sites is 2. The Labute approximate surface area is 244 Å². The molecule has 0 amide bonds. The minimum absolute atomic E-state index is 0.334. The van der Waals surface area contributed by atoms with E-state index in [0.717, 1.165) is 57.2 Å². The van der Waals surface area contributed by atoms with Gasteiger partial charge in [0.05, 0.1) is 5.56 Å². The van der Waals surface area contributed by atoms with Gasteiger partial charge in [-0.05, 0) is 48.5 Å². The van der Waals surface area contributed by atoms with Gasteiger partial charge in [-0.15, -0.1) is 0 Å². The normalized spacial score (nSPS) is 18.7. The molecule has 1 unspecified atom stereocenters. The molecule has 5 aromatic carbocycles. The summed E-state index contributed by atoms with van der Waals surface area (Å²) in [6, 6.07) is 40.5. The molecule has 1 atom stereocenters. The Kier molecular flexibility index (Phi) is 5.67. The fourth-order valence-electron chi connectivity index (χ4n) is 6.32. The minimum atomic E-state index is -1.12. The summed E-state index contributed by atoms with van der Waals surface area (Å²) in [5.41, 5.74) is 6.34. The number of hydrogen-bond donors (Lipinski definition) is 0. The maximum absolute atomic E-state index is 13.3. The van der Waals surface area contributed by atoms with Crippen molar-refractivity contribution in [3.63, 3.8) is 0 Å². The standard InChI is InChI=1S/C36H28N2O4/c39-35-31-13-7-8-14-32(31)36(42-35,27-17-18-33-26(19-27)22-38(23-40-33)30-11-5-2-6-12-30)28-16-15-25-21-37(24-41-34(25)20-28)29-9-3-1-4-10-29/h1-20H,21-24H2. The highest BCUT2D eigenvalue weighted by Crippen LogP contribution is 2.49. The van der Waals surface area contributed by atoms with Gasteiger partial charge in [0, 0.05) is 52.3 Å². The second-order valence-electron chi connectivity index (χ2n) is 10.9. The van der Waals surface area contributed by atoms with E-state index in [4.69, 9.17) is 14.2 Å². The molecule has 0 saturated carbocycles. The van der Waals surface area contributed by atoms with Crippen LogP contribution in [0.15, 0.2) is 121 Å². The van der Waals surface area contributed by atoms with Crippen LogP contribution >= 0.6 is 0 Å². The first-order valence-electron chi connectivity index (χ1n) is 14.1. The van der Waals surface area contributed by atoms with Crippen LogP contribution in [0.5, 0.6) is 11.5 Å². The lowest BCUT2D eigenvalue weighted by atomic mass is 9.79. The van der Waals surface area contributed by atoms with Crippen molar-refractivity contribution in [3.8, 4) is 11.5 Å². The molecule has 0 spiro atoms. The molecular weight excluding hydrogens is 524 g/mol. The van der Waals surface area contributed by atoms with Crippen molar-refractivity contribution in [2.24, 2.45) is 0 Å². The summed E-state index contributed by atoms with van der Waals surface area (Å²) in [6.45, 7) is 2.33. The van der Waals surface area contributed by atoms with E-state index < -0.39 is 5.60 Å². The van der Waals surface area contributed by atoms with Crippen molar-refractivity contribution in [1.82, 2.24) is 0 Å². The maximum atomic E-state index is 13.3. The van der Waals surface area contributed by atoms with Gasteiger partial charge in [0.25, 0.3) is 0 Å². The topological polar surface area (TPSA) is 51.2 Å². The van der Waals surface area contributed by atoms with Crippen LogP contribution in [-0.4, -0.2) is 19.4 Å². The molecule has 206 valence electrons. The van der Waals surface area contributed by atoms with Crippen LogP contribution in [0, 0.1) is 0 Å². The van der Waals surface area contributed by atoms with Gasteiger partial charge < -0.3 is 24.0 Å². The van der Waals surface area contributed by atoms with Crippen LogP contribution in [-0.2, 0) is 23.4 Å². The monoisotopic (exact) mass is 552 g/mol. The van der Waals surface area contributed by atoms with E-state index in [2.05, 4.69) is 52.3 Å². The van der Waals surface area contributed by atoms with Crippen molar-refractivity contribution in [2.75, 3.05) is 23.3 Å². The van der Waals surface area contributed by atoms with E-state index in [1.54, 1.807) is 0 Å². The van der Waals surface area contributed by atoms with Crippen molar-refractivity contribution in [3.05, 3.63) is 155 Å². The van der Waals surface area contributed by atoms with E-state index in [9.17, 15) is 4.79 Å². The number of carbonyl (C=O) groups is 1. The summed E-state index contributed by atoms with van der Waals surface area (Å²) in [5.74, 6) is 1.31. The molecule has 0 aromatic heterocycles. The Morgan fingerprint density at radius 3 is 1.90 bits per heavy atom. The highest BCUT2D eigenvalue weighted by Gasteiger charge is 2.49. The largest absolute Gasteiger partial charge is 0.473 e. The van der Waals surface area contributed by atoms with Gasteiger partial charge in [0.2, 0.25) is 0 Å². The average Bonchev–Trinajstić information content (AvgIpc) is 3.37. The molecule has 3 aliphatic rings. The summed E-state index contributed by atoms with van der Waals surface area (Å²) < 4.78 is 18.9. The van der Waals surface area contributed by atoms with Crippen molar-refractivity contribution < 1.29 is 19.0 Å². The lowest BCUT2D eigenvalue weighted by Crippen LogP contribution is -2.34. The SMILES string of the molecule is O=C1OC(c2ccc3c(c2)CN(c2ccccc2)CO3)(c2ccc3c(c2)OCN(c2ccccc2)C3)c2ccccc21. The van der Waals surface area contributed by atoms with Crippen LogP contribution < -0.4 is 19.3 Å². The number of nitrogens with zero attached hydrogens (tertiary/aromatic N) is 2. The van der Waals surface area contributed by atoms with Crippen LogP contribution in [0.4, 0.5) is 11.4 Å². The fraction of sp³-hybridized carbons (Fsp3) is 0.139. The lowest BCUT2D eigenvalue weighted by molar-refractivity contribution is 0.0250. The van der Waals surface area contributed by atoms with E-state index in [1.807, 2.05) is 78.9 Å². The van der Waals surface area contributed by atoms with E-state index in [1.165, 1.54) is 0 Å². The lowest BCUT2D eigenvalue weighted by Gasteiger charge is -2.35. The summed E-state index contributed by atoms with van der Waals surface area (Å²) >= 11 is 0. The zero-order valence-corrected chi connectivity index (χ0v) is 22.9. The quantitative estimate of drug-likeness (QED) is 0.227. The van der Waals surface area contributed by atoms with Crippen molar-refractivity contribution in [2.45, 2.75) is 18.7 Å². The number of fused-ring (bicyclic) bond motifs is 3. The Morgan fingerprint density at radius 2 is 1.17 bits per heavy atom. The first-order chi connectivity index (χ1) is 20.7. The number of ether oxygens (including phenoxy) is 3. The Bertz CT molecular complexity index is 1810. The molecule has 0 aliphatic carbocycles. The molecule has 42 heavy (non-hydrogen) atoms. The molecule has 8 rings (SSSR count). The predicted molar refractivity (Wildman–Crippen MR) is 161 cm³/mol. The van der Waals surface area contributed by atoms with Gasteiger partial charge in [-0.1, -0.05) is 72.8 Å². The third-order valence-electron chi connectivity index (χ3n) is 8.43. The van der Waals surface area contributed by atoms with Gasteiger partial charge in [-0.3, -0.25) is 0 Å². The molecule has 5 aromatic rings. The van der Waals surface area contributed by atoms with Crippen LogP contribution in [0.1, 0.15) is 38.2 Å². The van der Waals surface area contributed by atoms with Crippen LogP contribution in [0.2, 0.25) is 0 Å². The highest BCUT2D eigenvalue weighted by atomic mass is 16.6. The van der Waals surface area contributed by atoms with E-state index in [-0.39, 0.29) is 5.97 Å². The highest BCUT2D eigenvalue weighted by molar-refractivity contribution is 5.96. The van der Waals surface area contributed by atoms with E-state index >= 15 is 0 Å². The summed E-state index contributed by atoms with van der Waals surface area (Å²) in [6.07, 6.45) is 0. The number of rotatable bonds is 4. The maximum Gasteiger partial charge on any atom is 0.340 e. The second-order valence-corrected chi connectivity index (χ2v) is 10.9. The number of esters is 1. The molecule has 0 saturated heterocycles. The second kappa shape index (κ2) is 9.70. The van der Waals surface area contributed by atoms with Crippen molar-refractivity contribution >= 4 is 17.3 Å². The number of hydrogen-bond acceptors (Lipinski definition) is 6. The van der Waals surface area contributed by atoms with Crippen molar-refractivity contribution in [1.29, 1.82) is 0 Å². The number of anilines is 2. The third-order valence-corrected chi connectivity index (χ3v) is 8.43. The first-order valence-corrected chi connectivity index (χ1v) is 14.1. The number of benzene rings is 5. The number of carbonyl (C=O) groups excluding carboxylic acids is 1. The van der Waals surface area contributed by atoms with Gasteiger partial charge in [0.1, 0.15) is 11.5 Å². The molecule has 0 radical (unpaired) electrons. The fourth-order valence-corrected chi connectivity index (χ4v) is 6.32. The van der Waals surface area contributed by atoms with Gasteiger partial charge in [-0.25, -0.2) is 4.79 Å². The summed E-state index contributed by atoms with van der Waals surface area (Å²) in [7, 11) is 0. The zero-order valence-electron chi connectivity index (χ0n) is 22.9. The Balaban J connectivity index is 1.22. The molecule has 6 nitrogen and oxygen atoms in total. The average molecular weight is 553 g/mol.